The van der Waals surface area contributed by atoms with Gasteiger partial charge in [-0.1, -0.05) is 22.0 Å². The fourth-order valence-electron chi connectivity index (χ4n) is 2.29. The summed E-state index contributed by atoms with van der Waals surface area (Å²) in [6.07, 6.45) is 5.07. The highest BCUT2D eigenvalue weighted by atomic mass is 79.9. The first-order valence-electron chi connectivity index (χ1n) is 7.73. The average molecular weight is 401 g/mol. The van der Waals surface area contributed by atoms with Gasteiger partial charge in [-0.3, -0.25) is 9.36 Å². The number of carbonyl (C=O) groups excluding carboxylic acids is 1. The summed E-state index contributed by atoms with van der Waals surface area (Å²) in [5, 5.41) is 6.04. The van der Waals surface area contributed by atoms with Gasteiger partial charge in [-0.15, -0.1) is 0 Å². The molecule has 128 valence electrons. The van der Waals surface area contributed by atoms with E-state index in [1.165, 1.54) is 6.33 Å². The van der Waals surface area contributed by atoms with Crippen molar-refractivity contribution in [1.29, 1.82) is 0 Å². The molecule has 0 atom stereocenters. The number of hydrogen-bond donors (Lipinski definition) is 2. The second-order valence-corrected chi connectivity index (χ2v) is 6.21. The summed E-state index contributed by atoms with van der Waals surface area (Å²) in [5.41, 5.74) is 0.620. The molecule has 7 nitrogen and oxygen atoms in total. The van der Waals surface area contributed by atoms with Crippen LogP contribution in [0.3, 0.4) is 0 Å². The molecule has 0 spiro atoms. The lowest BCUT2D eigenvalue weighted by molar-refractivity contribution is 0.0955. The van der Waals surface area contributed by atoms with Crippen LogP contribution in [0.2, 0.25) is 0 Å². The number of nitrogens with zero attached hydrogens (tertiary/aromatic N) is 4. The van der Waals surface area contributed by atoms with E-state index in [0.717, 1.165) is 16.1 Å². The number of nitrogens with one attached hydrogen (secondary N) is 2. The van der Waals surface area contributed by atoms with Crippen LogP contribution in [-0.4, -0.2) is 38.5 Å². The van der Waals surface area contributed by atoms with Gasteiger partial charge in [-0.05, 0) is 25.1 Å². The van der Waals surface area contributed by atoms with Crippen molar-refractivity contribution in [3.63, 3.8) is 0 Å². The maximum atomic E-state index is 12.1. The van der Waals surface area contributed by atoms with E-state index in [-0.39, 0.29) is 5.91 Å². The summed E-state index contributed by atoms with van der Waals surface area (Å²) in [5.74, 6) is 2.17. The molecule has 1 amide bonds. The number of carbonyl (C=O) groups is 1. The summed E-state index contributed by atoms with van der Waals surface area (Å²) in [7, 11) is 0. The molecule has 0 aliphatic heterocycles. The predicted octanol–water partition coefficient (Wildman–Crippen LogP) is 2.58. The second kappa shape index (κ2) is 7.89. The lowest BCUT2D eigenvalue weighted by Crippen LogP contribution is -2.28. The summed E-state index contributed by atoms with van der Waals surface area (Å²) < 4.78 is 2.75. The van der Waals surface area contributed by atoms with Gasteiger partial charge < -0.3 is 10.6 Å². The molecule has 3 rings (SSSR count). The second-order valence-electron chi connectivity index (χ2n) is 5.30. The van der Waals surface area contributed by atoms with Gasteiger partial charge in [0.1, 0.15) is 23.8 Å². The quantitative estimate of drug-likeness (QED) is 0.621. The van der Waals surface area contributed by atoms with Crippen molar-refractivity contribution < 1.29 is 4.79 Å². The van der Waals surface area contributed by atoms with Crippen molar-refractivity contribution in [3.05, 3.63) is 64.9 Å². The minimum absolute atomic E-state index is 0.111. The predicted molar refractivity (Wildman–Crippen MR) is 98.9 cm³/mol. The Morgan fingerprint density at radius 2 is 2.08 bits per heavy atom. The number of amides is 1. The fourth-order valence-corrected chi connectivity index (χ4v) is 2.69. The maximum Gasteiger partial charge on any atom is 0.251 e. The van der Waals surface area contributed by atoms with E-state index in [1.807, 2.05) is 35.9 Å². The lowest BCUT2D eigenvalue weighted by atomic mass is 10.2. The largest absolute Gasteiger partial charge is 0.368 e. The number of anilines is 1. The number of imidazole rings is 1. The maximum absolute atomic E-state index is 12.1. The normalized spacial score (nSPS) is 10.5. The highest BCUT2D eigenvalue weighted by Crippen LogP contribution is 2.12. The van der Waals surface area contributed by atoms with Gasteiger partial charge >= 0.3 is 0 Å². The molecule has 0 aliphatic rings. The van der Waals surface area contributed by atoms with Gasteiger partial charge in [0.05, 0.1) is 0 Å². The first-order chi connectivity index (χ1) is 12.1. The van der Waals surface area contributed by atoms with Crippen molar-refractivity contribution in [2.75, 3.05) is 18.4 Å². The zero-order valence-electron chi connectivity index (χ0n) is 13.6. The third kappa shape index (κ3) is 4.42. The summed E-state index contributed by atoms with van der Waals surface area (Å²) in [6.45, 7) is 2.95. The molecule has 0 saturated heterocycles. The summed E-state index contributed by atoms with van der Waals surface area (Å²) in [4.78, 5) is 24.7. The fraction of sp³-hybridized carbons (Fsp3) is 0.176. The molecule has 2 heterocycles. The first-order valence-corrected chi connectivity index (χ1v) is 8.53. The molecule has 1 aromatic carbocycles. The third-order valence-electron chi connectivity index (χ3n) is 3.53. The monoisotopic (exact) mass is 400 g/mol. The smallest absolute Gasteiger partial charge is 0.251 e. The van der Waals surface area contributed by atoms with Crippen molar-refractivity contribution >= 4 is 27.7 Å². The number of hydrogen-bond acceptors (Lipinski definition) is 5. The van der Waals surface area contributed by atoms with Gasteiger partial charge in [0.2, 0.25) is 0 Å². The Bertz CT molecular complexity index is 879. The van der Waals surface area contributed by atoms with Crippen LogP contribution in [0.25, 0.3) is 5.82 Å². The molecular weight excluding hydrogens is 384 g/mol. The van der Waals surface area contributed by atoms with Gasteiger partial charge in [0.25, 0.3) is 5.91 Å². The molecule has 0 aliphatic carbocycles. The van der Waals surface area contributed by atoms with Crippen molar-refractivity contribution in [2.45, 2.75) is 6.92 Å². The summed E-state index contributed by atoms with van der Waals surface area (Å²) in [6, 6.07) is 9.11. The molecule has 0 fully saturated rings. The van der Waals surface area contributed by atoms with Crippen LogP contribution in [0.15, 0.2) is 53.5 Å². The summed E-state index contributed by atoms with van der Waals surface area (Å²) >= 11 is 3.36. The van der Waals surface area contributed by atoms with E-state index in [0.29, 0.717) is 24.5 Å². The van der Waals surface area contributed by atoms with Gasteiger partial charge in [-0.25, -0.2) is 15.0 Å². The number of halogens is 1. The molecule has 0 bridgehead atoms. The first kappa shape index (κ1) is 17.1. The Morgan fingerprint density at radius 3 is 2.84 bits per heavy atom. The number of aromatic nitrogens is 4. The number of aryl methyl sites for hydroxylation is 1. The van der Waals surface area contributed by atoms with E-state index in [9.17, 15) is 4.79 Å². The molecule has 0 radical (unpaired) electrons. The van der Waals surface area contributed by atoms with Crippen LogP contribution in [-0.2, 0) is 0 Å². The van der Waals surface area contributed by atoms with E-state index >= 15 is 0 Å². The van der Waals surface area contributed by atoms with Crippen LogP contribution in [0.1, 0.15) is 16.2 Å². The van der Waals surface area contributed by atoms with E-state index in [1.54, 1.807) is 18.3 Å². The Morgan fingerprint density at radius 1 is 1.20 bits per heavy atom. The molecular formula is C17H17BrN6O. The Balaban J connectivity index is 1.53. The van der Waals surface area contributed by atoms with Crippen LogP contribution < -0.4 is 10.6 Å². The number of benzene rings is 1. The molecule has 2 N–H and O–H groups in total. The lowest BCUT2D eigenvalue weighted by Gasteiger charge is -2.09. The minimum atomic E-state index is -0.111. The molecule has 8 heteroatoms. The van der Waals surface area contributed by atoms with Crippen LogP contribution >= 0.6 is 15.9 Å². The van der Waals surface area contributed by atoms with E-state index in [2.05, 4.69) is 41.5 Å². The van der Waals surface area contributed by atoms with Crippen molar-refractivity contribution in [1.82, 2.24) is 24.8 Å². The van der Waals surface area contributed by atoms with E-state index in [4.69, 9.17) is 0 Å². The highest BCUT2D eigenvalue weighted by molar-refractivity contribution is 9.10. The van der Waals surface area contributed by atoms with Gasteiger partial charge in [0, 0.05) is 41.6 Å². The molecule has 0 saturated carbocycles. The minimum Gasteiger partial charge on any atom is -0.368 e. The van der Waals surface area contributed by atoms with Crippen molar-refractivity contribution in [2.24, 2.45) is 0 Å². The van der Waals surface area contributed by atoms with Gasteiger partial charge in [-0.2, -0.15) is 0 Å². The van der Waals surface area contributed by atoms with Crippen LogP contribution in [0, 0.1) is 6.92 Å². The molecule has 25 heavy (non-hydrogen) atoms. The highest BCUT2D eigenvalue weighted by Gasteiger charge is 2.06. The Labute approximate surface area is 153 Å². The zero-order valence-corrected chi connectivity index (χ0v) is 15.2. The topological polar surface area (TPSA) is 84.7 Å². The van der Waals surface area contributed by atoms with Crippen LogP contribution in [0.4, 0.5) is 5.82 Å². The molecule has 2 aromatic heterocycles. The third-order valence-corrected chi connectivity index (χ3v) is 4.02. The standard InChI is InChI=1S/C17H17BrN6O/c1-12-19-7-8-24(12)16-10-15(22-11-23-16)20-5-6-21-17(25)13-3-2-4-14(18)9-13/h2-4,7-11H,5-6H2,1H3,(H,21,25)(H,20,22,23). The Hall–Kier alpha value is -2.74. The molecule has 0 unspecified atom stereocenters. The van der Waals surface area contributed by atoms with Crippen molar-refractivity contribution in [3.8, 4) is 5.82 Å². The van der Waals surface area contributed by atoms with Crippen LogP contribution in [0.5, 0.6) is 0 Å². The average Bonchev–Trinajstić information content (AvgIpc) is 3.05. The van der Waals surface area contributed by atoms with Gasteiger partial charge in [0.15, 0.2) is 0 Å². The van der Waals surface area contributed by atoms with E-state index < -0.39 is 0 Å². The Kier molecular flexibility index (Phi) is 5.39. The molecule has 3 aromatic rings. The zero-order chi connectivity index (χ0) is 17.6. The SMILES string of the molecule is Cc1nccn1-c1cc(NCCNC(=O)c2cccc(Br)c2)ncn1. The number of rotatable bonds is 6.